The molecule has 0 bridgehead atoms. The molecule has 1 aromatic carbocycles. The van der Waals surface area contributed by atoms with E-state index < -0.39 is 0 Å². The third-order valence-corrected chi connectivity index (χ3v) is 4.21. The van der Waals surface area contributed by atoms with E-state index in [1.807, 2.05) is 18.2 Å². The van der Waals surface area contributed by atoms with Gasteiger partial charge in [-0.25, -0.2) is 0 Å². The molecule has 0 aromatic heterocycles. The Labute approximate surface area is 108 Å². The number of benzene rings is 1. The van der Waals surface area contributed by atoms with Crippen LogP contribution >= 0.6 is 27.7 Å². The molecule has 1 saturated heterocycles. The first-order valence-corrected chi connectivity index (χ1v) is 6.97. The van der Waals surface area contributed by atoms with Crippen molar-refractivity contribution in [3.05, 3.63) is 34.3 Å². The minimum atomic E-state index is 0.0355. The average molecular weight is 301 g/mol. The lowest BCUT2D eigenvalue weighted by atomic mass is 10.2. The zero-order valence-corrected chi connectivity index (χ0v) is 11.1. The minimum Gasteiger partial charge on any atom is -0.332 e. The van der Waals surface area contributed by atoms with Crippen molar-refractivity contribution in [2.45, 2.75) is 17.7 Å². The Balaban J connectivity index is 1.87. The van der Waals surface area contributed by atoms with Crippen molar-refractivity contribution >= 4 is 33.6 Å². The molecule has 1 aromatic rings. The van der Waals surface area contributed by atoms with Crippen LogP contribution in [0.5, 0.6) is 0 Å². The molecule has 5 heteroatoms. The van der Waals surface area contributed by atoms with E-state index in [2.05, 4.69) is 32.6 Å². The van der Waals surface area contributed by atoms with E-state index in [0.717, 1.165) is 16.8 Å². The van der Waals surface area contributed by atoms with Crippen molar-refractivity contribution in [1.82, 2.24) is 10.6 Å². The minimum absolute atomic E-state index is 0.0355. The number of rotatable bonds is 3. The van der Waals surface area contributed by atoms with Gasteiger partial charge in [0.1, 0.15) is 5.50 Å². The van der Waals surface area contributed by atoms with Gasteiger partial charge in [0.15, 0.2) is 0 Å². The maximum absolute atomic E-state index is 11.2. The van der Waals surface area contributed by atoms with Crippen LogP contribution in [0.4, 0.5) is 0 Å². The molecule has 1 aliphatic rings. The summed E-state index contributed by atoms with van der Waals surface area (Å²) in [6, 6.07) is 8.14. The summed E-state index contributed by atoms with van der Waals surface area (Å²) >= 11 is 5.21. The van der Waals surface area contributed by atoms with E-state index in [9.17, 15) is 4.79 Å². The standard InChI is InChI=1S/C11H13BrN2OS/c12-9-4-2-1-3-8(9)7-16-11-13-6-5-10(15)14-11/h1-4,11,13H,5-7H2,(H,14,15). The smallest absolute Gasteiger partial charge is 0.223 e. The van der Waals surface area contributed by atoms with E-state index in [1.165, 1.54) is 5.56 Å². The fourth-order valence-electron chi connectivity index (χ4n) is 1.48. The average Bonchev–Trinajstić information content (AvgIpc) is 2.28. The van der Waals surface area contributed by atoms with Crippen LogP contribution in [0.3, 0.4) is 0 Å². The van der Waals surface area contributed by atoms with Gasteiger partial charge in [-0.2, -0.15) is 0 Å². The predicted molar refractivity (Wildman–Crippen MR) is 70.0 cm³/mol. The monoisotopic (exact) mass is 300 g/mol. The highest BCUT2D eigenvalue weighted by Gasteiger charge is 2.17. The van der Waals surface area contributed by atoms with Gasteiger partial charge in [-0.15, -0.1) is 11.8 Å². The number of amides is 1. The lowest BCUT2D eigenvalue weighted by Gasteiger charge is -2.24. The van der Waals surface area contributed by atoms with Crippen molar-refractivity contribution in [2.24, 2.45) is 0 Å². The van der Waals surface area contributed by atoms with Crippen molar-refractivity contribution in [2.75, 3.05) is 6.54 Å². The number of nitrogens with one attached hydrogen (secondary N) is 2. The molecule has 1 unspecified atom stereocenters. The third kappa shape index (κ3) is 3.23. The lowest BCUT2D eigenvalue weighted by Crippen LogP contribution is -2.49. The Hall–Kier alpha value is -0.520. The van der Waals surface area contributed by atoms with Gasteiger partial charge in [-0.3, -0.25) is 10.1 Å². The zero-order chi connectivity index (χ0) is 11.4. The van der Waals surface area contributed by atoms with Crippen LogP contribution < -0.4 is 10.6 Å². The Morgan fingerprint density at radius 1 is 1.44 bits per heavy atom. The molecule has 0 aliphatic carbocycles. The summed E-state index contributed by atoms with van der Waals surface area (Å²) in [5.74, 6) is 1.00. The predicted octanol–water partition coefficient (Wildman–Crippen LogP) is 2.08. The van der Waals surface area contributed by atoms with E-state index in [4.69, 9.17) is 0 Å². The highest BCUT2D eigenvalue weighted by atomic mass is 79.9. The second-order valence-electron chi connectivity index (χ2n) is 3.55. The molecule has 16 heavy (non-hydrogen) atoms. The Bertz CT molecular complexity index is 386. The van der Waals surface area contributed by atoms with Crippen molar-refractivity contribution in [1.29, 1.82) is 0 Å². The van der Waals surface area contributed by atoms with Gasteiger partial charge in [0.2, 0.25) is 5.91 Å². The summed E-state index contributed by atoms with van der Waals surface area (Å²) in [7, 11) is 0. The number of halogens is 1. The van der Waals surface area contributed by atoms with E-state index in [-0.39, 0.29) is 11.4 Å². The van der Waals surface area contributed by atoms with Crippen LogP contribution in [-0.4, -0.2) is 17.9 Å². The summed E-state index contributed by atoms with van der Waals surface area (Å²) in [6.45, 7) is 0.763. The molecule has 0 radical (unpaired) electrons. The summed E-state index contributed by atoms with van der Waals surface area (Å²) in [5.41, 5.74) is 1.28. The number of carbonyl (C=O) groups is 1. The van der Waals surface area contributed by atoms with Gasteiger partial charge in [0.05, 0.1) is 0 Å². The maximum Gasteiger partial charge on any atom is 0.223 e. The van der Waals surface area contributed by atoms with Crippen molar-refractivity contribution in [3.8, 4) is 0 Å². The largest absolute Gasteiger partial charge is 0.332 e. The van der Waals surface area contributed by atoms with E-state index in [1.54, 1.807) is 11.8 Å². The van der Waals surface area contributed by atoms with Crippen LogP contribution in [-0.2, 0) is 10.5 Å². The summed E-state index contributed by atoms with van der Waals surface area (Å²) in [4.78, 5) is 11.2. The molecule has 2 rings (SSSR count). The molecule has 1 amide bonds. The molecule has 3 nitrogen and oxygen atoms in total. The van der Waals surface area contributed by atoms with E-state index >= 15 is 0 Å². The van der Waals surface area contributed by atoms with Crippen molar-refractivity contribution in [3.63, 3.8) is 0 Å². The molecule has 0 saturated carbocycles. The number of hydrogen-bond donors (Lipinski definition) is 2. The third-order valence-electron chi connectivity index (χ3n) is 2.34. The molecule has 1 fully saturated rings. The van der Waals surface area contributed by atoms with Crippen LogP contribution in [0.25, 0.3) is 0 Å². The molecule has 1 atom stereocenters. The maximum atomic E-state index is 11.2. The van der Waals surface area contributed by atoms with Gasteiger partial charge >= 0.3 is 0 Å². The highest BCUT2D eigenvalue weighted by Crippen LogP contribution is 2.22. The van der Waals surface area contributed by atoms with Gasteiger partial charge in [-0.05, 0) is 11.6 Å². The van der Waals surface area contributed by atoms with Crippen LogP contribution in [0.15, 0.2) is 28.7 Å². The normalized spacial score (nSPS) is 20.6. The summed E-state index contributed by atoms with van der Waals surface area (Å²) in [5, 5.41) is 6.16. The molecular formula is C11H13BrN2OS. The first-order valence-electron chi connectivity index (χ1n) is 5.13. The first-order chi connectivity index (χ1) is 7.75. The van der Waals surface area contributed by atoms with Crippen molar-refractivity contribution < 1.29 is 4.79 Å². The molecule has 86 valence electrons. The zero-order valence-electron chi connectivity index (χ0n) is 8.70. The van der Waals surface area contributed by atoms with Crippen LogP contribution in [0.2, 0.25) is 0 Å². The second kappa shape index (κ2) is 5.70. The molecule has 1 aliphatic heterocycles. The van der Waals surface area contributed by atoms with Gasteiger partial charge < -0.3 is 5.32 Å². The van der Waals surface area contributed by atoms with E-state index in [0.29, 0.717) is 6.42 Å². The Morgan fingerprint density at radius 2 is 2.25 bits per heavy atom. The van der Waals surface area contributed by atoms with Gasteiger partial charge in [-0.1, -0.05) is 34.1 Å². The number of hydrogen-bond acceptors (Lipinski definition) is 3. The lowest BCUT2D eigenvalue weighted by molar-refractivity contribution is -0.122. The second-order valence-corrected chi connectivity index (χ2v) is 5.50. The number of thioether (sulfide) groups is 1. The Morgan fingerprint density at radius 3 is 3.00 bits per heavy atom. The fraction of sp³-hybridized carbons (Fsp3) is 0.364. The fourth-order valence-corrected chi connectivity index (χ4v) is 3.13. The highest BCUT2D eigenvalue weighted by molar-refractivity contribution is 9.10. The molecule has 2 N–H and O–H groups in total. The molecular weight excluding hydrogens is 288 g/mol. The summed E-state index contributed by atoms with van der Waals surface area (Å²) < 4.78 is 1.12. The number of carbonyl (C=O) groups excluding carboxylic acids is 1. The van der Waals surface area contributed by atoms with Gasteiger partial charge in [0, 0.05) is 23.2 Å². The van der Waals surface area contributed by atoms with Crippen LogP contribution in [0, 0.1) is 0 Å². The quantitative estimate of drug-likeness (QED) is 0.898. The molecule has 1 heterocycles. The molecule has 0 spiro atoms. The summed E-state index contributed by atoms with van der Waals surface area (Å²) in [6.07, 6.45) is 0.575. The Kier molecular flexibility index (Phi) is 4.26. The SMILES string of the molecule is O=C1CCNC(SCc2ccccc2Br)N1. The van der Waals surface area contributed by atoms with Crippen LogP contribution in [0.1, 0.15) is 12.0 Å². The topological polar surface area (TPSA) is 41.1 Å². The first kappa shape index (κ1) is 12.0. The van der Waals surface area contributed by atoms with Gasteiger partial charge in [0.25, 0.3) is 0 Å².